The van der Waals surface area contributed by atoms with Crippen LogP contribution in [-0.2, 0) is 16.1 Å². The molecule has 0 radical (unpaired) electrons. The number of hydroxylamine groups is 1. The molecule has 2 rings (SSSR count). The molecule has 2 aromatic carbocycles. The SMILES string of the molecule is CC(=O)NC(C)(C(F)F)C(NC(=O)c1ccc(C#CC#Cc2ccc(CN(C)C)cc2)cc1)C(=O)NO. The van der Waals surface area contributed by atoms with E-state index in [4.69, 9.17) is 5.21 Å². The number of alkyl halides is 2. The third-order valence-electron chi connectivity index (χ3n) is 5.22. The lowest BCUT2D eigenvalue weighted by Gasteiger charge is -2.36. The fourth-order valence-electron chi connectivity index (χ4n) is 3.37. The van der Waals surface area contributed by atoms with E-state index in [9.17, 15) is 23.2 Å². The molecule has 0 saturated heterocycles. The molecule has 4 N–H and O–H groups in total. The number of hydrogen-bond donors (Lipinski definition) is 4. The first-order valence-electron chi connectivity index (χ1n) is 11.1. The van der Waals surface area contributed by atoms with Gasteiger partial charge < -0.3 is 15.5 Å². The van der Waals surface area contributed by atoms with Gasteiger partial charge >= 0.3 is 0 Å². The lowest BCUT2D eigenvalue weighted by Crippen LogP contribution is -2.68. The van der Waals surface area contributed by atoms with Gasteiger partial charge in [0.2, 0.25) is 5.91 Å². The van der Waals surface area contributed by atoms with Crippen molar-refractivity contribution in [2.24, 2.45) is 0 Å². The van der Waals surface area contributed by atoms with E-state index >= 15 is 0 Å². The summed E-state index contributed by atoms with van der Waals surface area (Å²) >= 11 is 0. The van der Waals surface area contributed by atoms with Crippen LogP contribution < -0.4 is 16.1 Å². The summed E-state index contributed by atoms with van der Waals surface area (Å²) in [5.74, 6) is 8.24. The Bertz CT molecular complexity index is 1240. The highest BCUT2D eigenvalue weighted by atomic mass is 19.3. The molecule has 0 aliphatic rings. The maximum Gasteiger partial charge on any atom is 0.268 e. The minimum atomic E-state index is -3.24. The van der Waals surface area contributed by atoms with Gasteiger partial charge in [-0.2, -0.15) is 0 Å². The smallest absolute Gasteiger partial charge is 0.268 e. The van der Waals surface area contributed by atoms with Gasteiger partial charge in [-0.05, 0) is 74.8 Å². The first-order chi connectivity index (χ1) is 17.5. The van der Waals surface area contributed by atoms with Crippen molar-refractivity contribution in [2.45, 2.75) is 38.4 Å². The zero-order chi connectivity index (χ0) is 27.6. The molecule has 37 heavy (non-hydrogen) atoms. The topological polar surface area (TPSA) is 111 Å². The second-order valence-electron chi connectivity index (χ2n) is 8.66. The van der Waals surface area contributed by atoms with Crippen LogP contribution in [0.15, 0.2) is 48.5 Å². The van der Waals surface area contributed by atoms with Crippen molar-refractivity contribution in [1.82, 2.24) is 21.0 Å². The second-order valence-corrected chi connectivity index (χ2v) is 8.66. The molecule has 0 bridgehead atoms. The Kier molecular flexibility index (Phi) is 10.3. The molecule has 0 aliphatic carbocycles. The molecule has 8 nitrogen and oxygen atoms in total. The van der Waals surface area contributed by atoms with E-state index in [-0.39, 0.29) is 5.56 Å². The number of carbonyl (C=O) groups excluding carboxylic acids is 3. The maximum atomic E-state index is 13.8. The standard InChI is InChI=1S/C27H28F2N4O4/c1-18(34)31-27(2,26(28)29)23(25(36)32-37)30-24(35)22-15-13-20(14-16-22)8-6-5-7-19-9-11-21(12-10-19)17-33(3)4/h9-16,23,26,37H,17H2,1-4H3,(H,30,35)(H,31,34)(H,32,36). The fraction of sp³-hybridized carbons (Fsp3) is 0.296. The highest BCUT2D eigenvalue weighted by molar-refractivity contribution is 5.98. The summed E-state index contributed by atoms with van der Waals surface area (Å²) in [6.07, 6.45) is -3.24. The Labute approximate surface area is 214 Å². The van der Waals surface area contributed by atoms with E-state index in [0.717, 1.165) is 26.0 Å². The molecule has 0 saturated carbocycles. The average Bonchev–Trinajstić information content (AvgIpc) is 2.85. The highest BCUT2D eigenvalue weighted by Gasteiger charge is 2.48. The van der Waals surface area contributed by atoms with Gasteiger partial charge in [0.05, 0.1) is 0 Å². The van der Waals surface area contributed by atoms with Crippen LogP contribution in [0.4, 0.5) is 8.78 Å². The number of carbonyl (C=O) groups is 3. The minimum absolute atomic E-state index is 0.0460. The number of rotatable bonds is 8. The molecular weight excluding hydrogens is 482 g/mol. The lowest BCUT2D eigenvalue weighted by molar-refractivity contribution is -0.137. The van der Waals surface area contributed by atoms with Gasteiger partial charge in [-0.25, -0.2) is 14.3 Å². The first-order valence-corrected chi connectivity index (χ1v) is 11.1. The van der Waals surface area contributed by atoms with Gasteiger partial charge in [0.1, 0.15) is 11.6 Å². The van der Waals surface area contributed by atoms with Crippen molar-refractivity contribution in [3.05, 3.63) is 70.8 Å². The number of nitrogens with zero attached hydrogens (tertiary/aromatic N) is 1. The average molecular weight is 511 g/mol. The number of halogens is 2. The predicted molar refractivity (Wildman–Crippen MR) is 133 cm³/mol. The monoisotopic (exact) mass is 510 g/mol. The third kappa shape index (κ3) is 8.43. The number of amides is 3. The summed E-state index contributed by atoms with van der Waals surface area (Å²) in [5, 5.41) is 13.1. The maximum absolute atomic E-state index is 13.8. The van der Waals surface area contributed by atoms with Crippen LogP contribution >= 0.6 is 0 Å². The van der Waals surface area contributed by atoms with E-state index < -0.39 is 35.7 Å². The largest absolute Gasteiger partial charge is 0.343 e. The summed E-state index contributed by atoms with van der Waals surface area (Å²) in [7, 11) is 3.98. The van der Waals surface area contributed by atoms with Crippen LogP contribution in [0.3, 0.4) is 0 Å². The van der Waals surface area contributed by atoms with E-state index in [1.54, 1.807) is 0 Å². The molecule has 3 amide bonds. The summed E-state index contributed by atoms with van der Waals surface area (Å²) in [6.45, 7) is 2.71. The number of hydrogen-bond acceptors (Lipinski definition) is 5. The Morgan fingerprint density at radius 2 is 1.49 bits per heavy atom. The molecule has 2 unspecified atom stereocenters. The van der Waals surface area contributed by atoms with Crippen molar-refractivity contribution in [3.63, 3.8) is 0 Å². The molecule has 0 heterocycles. The summed E-state index contributed by atoms with van der Waals surface area (Å²) in [5.41, 5.74) is 1.35. The molecule has 0 fully saturated rings. The summed E-state index contributed by atoms with van der Waals surface area (Å²) < 4.78 is 27.5. The molecule has 0 aliphatic heterocycles. The van der Waals surface area contributed by atoms with Crippen LogP contribution in [0.1, 0.15) is 40.9 Å². The molecule has 2 atom stereocenters. The second kappa shape index (κ2) is 13.2. The van der Waals surface area contributed by atoms with E-state index in [2.05, 4.69) is 33.9 Å². The van der Waals surface area contributed by atoms with Gasteiger partial charge in [0.15, 0.2) is 0 Å². The zero-order valence-electron chi connectivity index (χ0n) is 20.9. The number of nitrogens with one attached hydrogen (secondary N) is 3. The molecule has 0 spiro atoms. The van der Waals surface area contributed by atoms with Crippen molar-refractivity contribution in [3.8, 4) is 23.7 Å². The van der Waals surface area contributed by atoms with Crippen LogP contribution in [0, 0.1) is 23.7 Å². The minimum Gasteiger partial charge on any atom is -0.343 e. The van der Waals surface area contributed by atoms with Crippen LogP contribution in [0.5, 0.6) is 0 Å². The Morgan fingerprint density at radius 3 is 1.92 bits per heavy atom. The molecular formula is C27H28F2N4O4. The Balaban J connectivity index is 2.12. The summed E-state index contributed by atoms with van der Waals surface area (Å²) in [6, 6.07) is 11.7. The Morgan fingerprint density at radius 1 is 0.973 bits per heavy atom. The Hall–Kier alpha value is -4.25. The highest BCUT2D eigenvalue weighted by Crippen LogP contribution is 2.21. The van der Waals surface area contributed by atoms with Gasteiger partial charge in [-0.15, -0.1) is 0 Å². The molecule has 194 valence electrons. The van der Waals surface area contributed by atoms with Gasteiger partial charge in [-0.3, -0.25) is 19.6 Å². The van der Waals surface area contributed by atoms with Crippen LogP contribution in [0.25, 0.3) is 0 Å². The molecule has 2 aromatic rings. The van der Waals surface area contributed by atoms with Crippen molar-refractivity contribution in [2.75, 3.05) is 14.1 Å². The van der Waals surface area contributed by atoms with E-state index in [1.807, 2.05) is 43.7 Å². The van der Waals surface area contributed by atoms with Gasteiger partial charge in [0.25, 0.3) is 18.2 Å². The zero-order valence-corrected chi connectivity index (χ0v) is 20.9. The summed E-state index contributed by atoms with van der Waals surface area (Å²) in [4.78, 5) is 38.2. The fourth-order valence-corrected chi connectivity index (χ4v) is 3.37. The van der Waals surface area contributed by atoms with Crippen LogP contribution in [0.2, 0.25) is 0 Å². The third-order valence-corrected chi connectivity index (χ3v) is 5.22. The van der Waals surface area contributed by atoms with Crippen molar-refractivity contribution >= 4 is 17.7 Å². The van der Waals surface area contributed by atoms with Crippen molar-refractivity contribution in [1.29, 1.82) is 0 Å². The van der Waals surface area contributed by atoms with Gasteiger partial charge in [-0.1, -0.05) is 24.0 Å². The van der Waals surface area contributed by atoms with Crippen LogP contribution in [-0.4, -0.2) is 59.9 Å². The molecule has 10 heteroatoms. The quantitative estimate of drug-likeness (QED) is 0.246. The normalized spacial score (nSPS) is 12.8. The van der Waals surface area contributed by atoms with E-state index in [1.165, 1.54) is 35.3 Å². The van der Waals surface area contributed by atoms with Crippen molar-refractivity contribution < 1.29 is 28.4 Å². The predicted octanol–water partition coefficient (Wildman–Crippen LogP) is 1.92. The molecule has 0 aromatic heterocycles. The first kappa shape index (κ1) is 29.0. The lowest BCUT2D eigenvalue weighted by atomic mass is 9.91. The number of benzene rings is 2. The van der Waals surface area contributed by atoms with Gasteiger partial charge in [0, 0.05) is 30.2 Å². The van der Waals surface area contributed by atoms with E-state index in [0.29, 0.717) is 5.56 Å².